The summed E-state index contributed by atoms with van der Waals surface area (Å²) < 4.78 is 38.0. The SMILES string of the molecule is COC(=O)[C@](C)(Cc1cccc(F)c1F)NC(=O)O[C@@H](c1ccccc1)C(C)C. The van der Waals surface area contributed by atoms with Gasteiger partial charge in [0.05, 0.1) is 7.11 Å². The van der Waals surface area contributed by atoms with E-state index in [1.54, 1.807) is 0 Å². The molecule has 0 aliphatic heterocycles. The number of methoxy groups -OCH3 is 1. The Hall–Kier alpha value is -2.96. The van der Waals surface area contributed by atoms with Crippen molar-refractivity contribution in [3.05, 3.63) is 71.3 Å². The number of carbonyl (C=O) groups is 2. The monoisotopic (exact) mass is 405 g/mol. The smallest absolute Gasteiger partial charge is 0.408 e. The molecule has 2 rings (SSSR count). The van der Waals surface area contributed by atoms with Gasteiger partial charge in [-0.2, -0.15) is 0 Å². The summed E-state index contributed by atoms with van der Waals surface area (Å²) in [5.74, 6) is -2.96. The third-order valence-electron chi connectivity index (χ3n) is 4.56. The van der Waals surface area contributed by atoms with Crippen LogP contribution in [0.15, 0.2) is 48.5 Å². The zero-order chi connectivity index (χ0) is 21.6. The fourth-order valence-electron chi connectivity index (χ4n) is 3.06. The van der Waals surface area contributed by atoms with E-state index in [4.69, 9.17) is 9.47 Å². The van der Waals surface area contributed by atoms with Crippen LogP contribution in [0.2, 0.25) is 0 Å². The fourth-order valence-corrected chi connectivity index (χ4v) is 3.06. The van der Waals surface area contributed by atoms with E-state index < -0.39 is 35.3 Å². The second-order valence-corrected chi connectivity index (χ2v) is 7.32. The van der Waals surface area contributed by atoms with Crippen molar-refractivity contribution in [3.8, 4) is 0 Å². The Morgan fingerprint density at radius 2 is 1.72 bits per heavy atom. The number of ether oxygens (including phenoxy) is 2. The molecular weight excluding hydrogens is 380 g/mol. The molecule has 0 radical (unpaired) electrons. The lowest BCUT2D eigenvalue weighted by Crippen LogP contribution is -2.54. The zero-order valence-electron chi connectivity index (χ0n) is 16.9. The number of amides is 1. The van der Waals surface area contributed by atoms with Gasteiger partial charge in [-0.15, -0.1) is 0 Å². The molecule has 5 nitrogen and oxygen atoms in total. The highest BCUT2D eigenvalue weighted by molar-refractivity contribution is 5.85. The van der Waals surface area contributed by atoms with Crippen molar-refractivity contribution in [2.45, 2.75) is 38.8 Å². The summed E-state index contributed by atoms with van der Waals surface area (Å²) in [5.41, 5.74) is -0.922. The molecule has 0 aromatic heterocycles. The Balaban J connectivity index is 2.23. The van der Waals surface area contributed by atoms with Gasteiger partial charge in [0.2, 0.25) is 0 Å². The van der Waals surface area contributed by atoms with Crippen LogP contribution in [0.3, 0.4) is 0 Å². The van der Waals surface area contributed by atoms with Crippen molar-refractivity contribution in [2.75, 3.05) is 7.11 Å². The molecule has 7 heteroatoms. The largest absolute Gasteiger partial charge is 0.467 e. The number of alkyl carbamates (subject to hydrolysis) is 1. The molecule has 1 amide bonds. The van der Waals surface area contributed by atoms with Gasteiger partial charge in [0.15, 0.2) is 11.6 Å². The first-order valence-electron chi connectivity index (χ1n) is 9.23. The van der Waals surface area contributed by atoms with Gasteiger partial charge in [-0.05, 0) is 30.0 Å². The van der Waals surface area contributed by atoms with Gasteiger partial charge in [-0.25, -0.2) is 18.4 Å². The molecule has 156 valence electrons. The number of carbonyl (C=O) groups excluding carboxylic acids is 2. The van der Waals surface area contributed by atoms with Crippen molar-refractivity contribution in [1.29, 1.82) is 0 Å². The predicted molar refractivity (Wildman–Crippen MR) is 104 cm³/mol. The topological polar surface area (TPSA) is 64.6 Å². The molecule has 29 heavy (non-hydrogen) atoms. The molecule has 0 saturated heterocycles. The molecule has 1 N–H and O–H groups in total. The van der Waals surface area contributed by atoms with Crippen LogP contribution in [-0.4, -0.2) is 24.7 Å². The number of benzene rings is 2. The first kappa shape index (κ1) is 22.3. The van der Waals surface area contributed by atoms with Gasteiger partial charge in [0, 0.05) is 6.42 Å². The van der Waals surface area contributed by atoms with Gasteiger partial charge in [-0.3, -0.25) is 0 Å². The Morgan fingerprint density at radius 1 is 1.07 bits per heavy atom. The first-order chi connectivity index (χ1) is 13.7. The lowest BCUT2D eigenvalue weighted by molar-refractivity contribution is -0.147. The Kier molecular flexibility index (Phi) is 7.31. The normalized spacial score (nSPS) is 14.0. The van der Waals surface area contributed by atoms with E-state index in [0.29, 0.717) is 0 Å². The summed E-state index contributed by atoms with van der Waals surface area (Å²) >= 11 is 0. The highest BCUT2D eigenvalue weighted by Gasteiger charge is 2.38. The van der Waals surface area contributed by atoms with E-state index in [9.17, 15) is 18.4 Å². The van der Waals surface area contributed by atoms with Crippen LogP contribution in [0, 0.1) is 17.6 Å². The minimum Gasteiger partial charge on any atom is -0.467 e. The highest BCUT2D eigenvalue weighted by atomic mass is 19.2. The van der Waals surface area contributed by atoms with Crippen LogP contribution in [0.4, 0.5) is 13.6 Å². The molecule has 2 atom stereocenters. The van der Waals surface area contributed by atoms with Crippen LogP contribution in [-0.2, 0) is 20.7 Å². The maximum atomic E-state index is 14.1. The third-order valence-corrected chi connectivity index (χ3v) is 4.56. The van der Waals surface area contributed by atoms with Crippen LogP contribution in [0.25, 0.3) is 0 Å². The van der Waals surface area contributed by atoms with Gasteiger partial charge >= 0.3 is 12.1 Å². The summed E-state index contributed by atoms with van der Waals surface area (Å²) in [4.78, 5) is 25.0. The standard InChI is InChI=1S/C22H25F2NO4/c1-14(2)19(15-9-6-5-7-10-15)29-21(27)25-22(3,20(26)28-4)13-16-11-8-12-17(23)18(16)24/h5-12,14,19H,13H2,1-4H3,(H,25,27)/t19-,22+/m1/s1. The van der Waals surface area contributed by atoms with E-state index >= 15 is 0 Å². The quantitative estimate of drug-likeness (QED) is 0.686. The summed E-state index contributed by atoms with van der Waals surface area (Å²) in [5, 5.41) is 2.47. The lowest BCUT2D eigenvalue weighted by Gasteiger charge is -2.30. The molecule has 0 bridgehead atoms. The summed E-state index contributed by atoms with van der Waals surface area (Å²) in [6.45, 7) is 5.16. The molecule has 0 saturated carbocycles. The van der Waals surface area contributed by atoms with Crippen molar-refractivity contribution >= 4 is 12.1 Å². The average molecular weight is 405 g/mol. The summed E-state index contributed by atoms with van der Waals surface area (Å²) in [7, 11) is 1.15. The molecule has 0 aliphatic carbocycles. The van der Waals surface area contributed by atoms with Gasteiger partial charge < -0.3 is 14.8 Å². The fraction of sp³-hybridized carbons (Fsp3) is 0.364. The summed E-state index contributed by atoms with van der Waals surface area (Å²) in [6, 6.07) is 12.8. The number of rotatable bonds is 7. The molecule has 0 spiro atoms. The van der Waals surface area contributed by atoms with Crippen LogP contribution in [0.1, 0.15) is 38.0 Å². The van der Waals surface area contributed by atoms with Crippen molar-refractivity contribution in [2.24, 2.45) is 5.92 Å². The van der Waals surface area contributed by atoms with Gasteiger partial charge in [0.25, 0.3) is 0 Å². The van der Waals surface area contributed by atoms with E-state index in [1.807, 2.05) is 44.2 Å². The van der Waals surface area contributed by atoms with Gasteiger partial charge in [0.1, 0.15) is 11.6 Å². The average Bonchev–Trinajstić information content (AvgIpc) is 2.69. The van der Waals surface area contributed by atoms with Crippen molar-refractivity contribution in [1.82, 2.24) is 5.32 Å². The van der Waals surface area contributed by atoms with Crippen molar-refractivity contribution < 1.29 is 27.8 Å². The molecule has 0 fully saturated rings. The first-order valence-corrected chi connectivity index (χ1v) is 9.23. The van der Waals surface area contributed by atoms with Crippen LogP contribution >= 0.6 is 0 Å². The number of nitrogens with one attached hydrogen (secondary N) is 1. The second kappa shape index (κ2) is 9.49. The Labute approximate surface area is 169 Å². The zero-order valence-corrected chi connectivity index (χ0v) is 16.9. The number of esters is 1. The van der Waals surface area contributed by atoms with E-state index in [-0.39, 0.29) is 17.9 Å². The van der Waals surface area contributed by atoms with Crippen LogP contribution < -0.4 is 5.32 Å². The number of halogens is 2. The molecule has 2 aromatic carbocycles. The van der Waals surface area contributed by atoms with Crippen LogP contribution in [0.5, 0.6) is 0 Å². The number of hydrogen-bond acceptors (Lipinski definition) is 4. The van der Waals surface area contributed by atoms with E-state index in [1.165, 1.54) is 19.1 Å². The van der Waals surface area contributed by atoms with Gasteiger partial charge in [-0.1, -0.05) is 56.3 Å². The highest BCUT2D eigenvalue weighted by Crippen LogP contribution is 2.26. The predicted octanol–water partition coefficient (Wildman–Crippen LogP) is 4.56. The molecule has 2 aromatic rings. The van der Waals surface area contributed by atoms with E-state index in [0.717, 1.165) is 18.7 Å². The van der Waals surface area contributed by atoms with Crippen molar-refractivity contribution in [3.63, 3.8) is 0 Å². The number of hydrogen-bond donors (Lipinski definition) is 1. The molecular formula is C22H25F2NO4. The minimum atomic E-state index is -1.65. The Morgan fingerprint density at radius 3 is 2.31 bits per heavy atom. The maximum absolute atomic E-state index is 14.1. The second-order valence-electron chi connectivity index (χ2n) is 7.32. The summed E-state index contributed by atoms with van der Waals surface area (Å²) in [6.07, 6.45) is -1.72. The molecule has 0 unspecified atom stereocenters. The molecule has 0 heterocycles. The Bertz CT molecular complexity index is 857. The minimum absolute atomic E-state index is 0.0341. The molecule has 0 aliphatic rings. The lowest BCUT2D eigenvalue weighted by atomic mass is 9.92. The van der Waals surface area contributed by atoms with E-state index in [2.05, 4.69) is 5.32 Å². The third kappa shape index (κ3) is 5.53. The maximum Gasteiger partial charge on any atom is 0.408 e.